The first-order valence-corrected chi connectivity index (χ1v) is 13.2. The fraction of sp³-hybridized carbons (Fsp3) is 0.242. The molecule has 0 saturated carbocycles. The second-order valence-corrected chi connectivity index (χ2v) is 10.1. The van der Waals surface area contributed by atoms with E-state index in [-0.39, 0.29) is 23.5 Å². The van der Waals surface area contributed by atoms with E-state index in [1.165, 1.54) is 10.9 Å². The molecular weight excluding hydrogens is 458 g/mol. The number of carbonyl (C=O) groups excluding carboxylic acids is 1. The van der Waals surface area contributed by atoms with E-state index in [1.807, 2.05) is 24.3 Å². The van der Waals surface area contributed by atoms with Gasteiger partial charge in [-0.3, -0.25) is 4.79 Å². The van der Waals surface area contributed by atoms with Gasteiger partial charge in [0.2, 0.25) is 0 Å². The summed E-state index contributed by atoms with van der Waals surface area (Å²) in [5.41, 5.74) is 6.32. The van der Waals surface area contributed by atoms with Crippen LogP contribution >= 0.6 is 0 Å². The van der Waals surface area contributed by atoms with Gasteiger partial charge in [0.1, 0.15) is 11.5 Å². The number of carbonyl (C=O) groups is 1. The summed E-state index contributed by atoms with van der Waals surface area (Å²) in [4.78, 5) is 13.9. The summed E-state index contributed by atoms with van der Waals surface area (Å²) >= 11 is 0. The Kier molecular flexibility index (Phi) is 6.17. The molecule has 0 bridgehead atoms. The number of phenolic OH excluding ortho intramolecular Hbond substituents is 1. The van der Waals surface area contributed by atoms with Crippen molar-refractivity contribution in [3.8, 4) is 11.5 Å². The fourth-order valence-corrected chi connectivity index (χ4v) is 5.77. The van der Waals surface area contributed by atoms with Crippen LogP contribution in [-0.2, 0) is 4.79 Å². The average molecular weight is 490 g/mol. The van der Waals surface area contributed by atoms with E-state index in [4.69, 9.17) is 4.74 Å². The Bertz CT molecular complexity index is 1480. The number of rotatable bonds is 6. The van der Waals surface area contributed by atoms with Gasteiger partial charge in [0.05, 0.1) is 12.6 Å². The lowest BCUT2D eigenvalue weighted by atomic mass is 9.71. The number of allylic oxidation sites excluding steroid dienone is 1. The van der Waals surface area contributed by atoms with Crippen LogP contribution in [0.1, 0.15) is 61.3 Å². The Morgan fingerprint density at radius 2 is 1.65 bits per heavy atom. The van der Waals surface area contributed by atoms with Crippen LogP contribution in [0.5, 0.6) is 11.5 Å². The molecule has 6 rings (SSSR count). The zero-order valence-electron chi connectivity index (χ0n) is 21.0. The number of unbranched alkanes of at least 4 members (excludes halogenated alkanes) is 1. The SMILES string of the molecule is CCCCOc1ccc([C@H]2CC(=O)C3=C(C2)c2c(ccc4ccccc24)N[C@H]3c2ccc(O)cc2)cc1. The van der Waals surface area contributed by atoms with Crippen molar-refractivity contribution in [1.82, 2.24) is 0 Å². The van der Waals surface area contributed by atoms with Gasteiger partial charge in [0.25, 0.3) is 0 Å². The van der Waals surface area contributed by atoms with Gasteiger partial charge in [0, 0.05) is 23.2 Å². The molecule has 0 saturated heterocycles. The third-order valence-electron chi connectivity index (χ3n) is 7.67. The summed E-state index contributed by atoms with van der Waals surface area (Å²) in [5, 5.41) is 15.8. The van der Waals surface area contributed by atoms with Crippen LogP contribution in [-0.4, -0.2) is 17.5 Å². The van der Waals surface area contributed by atoms with Crippen LogP contribution in [0.15, 0.2) is 90.5 Å². The van der Waals surface area contributed by atoms with Crippen molar-refractivity contribution in [2.75, 3.05) is 11.9 Å². The third-order valence-corrected chi connectivity index (χ3v) is 7.67. The van der Waals surface area contributed by atoms with Gasteiger partial charge in [0.15, 0.2) is 5.78 Å². The molecule has 2 atom stereocenters. The number of hydrogen-bond donors (Lipinski definition) is 2. The topological polar surface area (TPSA) is 58.6 Å². The standard InChI is InChI=1S/C33H31NO3/c1-2-3-18-37-26-15-10-21(11-16-26)24-19-28-31-27-7-5-4-6-22(27)12-17-29(31)34-33(32(28)30(36)20-24)23-8-13-25(35)14-9-23/h4-17,24,33-35H,2-3,18-20H2,1H3/t24-,33+/m1/s1. The molecule has 0 unspecified atom stereocenters. The lowest BCUT2D eigenvalue weighted by molar-refractivity contribution is -0.116. The second-order valence-electron chi connectivity index (χ2n) is 10.1. The lowest BCUT2D eigenvalue weighted by Crippen LogP contribution is -2.29. The van der Waals surface area contributed by atoms with E-state index >= 15 is 0 Å². The monoisotopic (exact) mass is 489 g/mol. The zero-order chi connectivity index (χ0) is 25.4. The summed E-state index contributed by atoms with van der Waals surface area (Å²) < 4.78 is 5.86. The number of ketones is 1. The zero-order valence-corrected chi connectivity index (χ0v) is 21.0. The number of Topliss-reactive ketones (excluding diaryl/α,β-unsaturated/α-hetero) is 1. The molecule has 37 heavy (non-hydrogen) atoms. The minimum absolute atomic E-state index is 0.112. The van der Waals surface area contributed by atoms with Crippen LogP contribution in [0.3, 0.4) is 0 Å². The van der Waals surface area contributed by atoms with E-state index in [9.17, 15) is 9.90 Å². The van der Waals surface area contributed by atoms with Gasteiger partial charge >= 0.3 is 0 Å². The molecule has 0 amide bonds. The first-order chi connectivity index (χ1) is 18.1. The van der Waals surface area contributed by atoms with Crippen LogP contribution in [0.4, 0.5) is 5.69 Å². The summed E-state index contributed by atoms with van der Waals surface area (Å²) in [6.07, 6.45) is 3.43. The van der Waals surface area contributed by atoms with Gasteiger partial charge in [-0.25, -0.2) is 0 Å². The molecule has 1 aliphatic carbocycles. The quantitative estimate of drug-likeness (QED) is 0.271. The maximum Gasteiger partial charge on any atom is 0.162 e. The third kappa shape index (κ3) is 4.37. The summed E-state index contributed by atoms with van der Waals surface area (Å²) in [5.74, 6) is 1.39. The second kappa shape index (κ2) is 9.78. The van der Waals surface area contributed by atoms with Crippen LogP contribution < -0.4 is 10.1 Å². The van der Waals surface area contributed by atoms with E-state index in [0.29, 0.717) is 6.42 Å². The van der Waals surface area contributed by atoms with Gasteiger partial charge < -0.3 is 15.2 Å². The first-order valence-electron chi connectivity index (χ1n) is 13.2. The van der Waals surface area contributed by atoms with Crippen molar-refractivity contribution in [2.45, 2.75) is 44.6 Å². The molecule has 4 aromatic rings. The molecule has 0 radical (unpaired) electrons. The number of anilines is 1. The van der Waals surface area contributed by atoms with E-state index in [2.05, 4.69) is 60.8 Å². The van der Waals surface area contributed by atoms with Crippen molar-refractivity contribution < 1.29 is 14.6 Å². The molecule has 0 fully saturated rings. The molecule has 4 aromatic carbocycles. The van der Waals surface area contributed by atoms with Crippen LogP contribution in [0.25, 0.3) is 16.3 Å². The largest absolute Gasteiger partial charge is 0.508 e. The van der Waals surface area contributed by atoms with Crippen molar-refractivity contribution >= 4 is 27.8 Å². The fourth-order valence-electron chi connectivity index (χ4n) is 5.77. The maximum atomic E-state index is 13.9. The Morgan fingerprint density at radius 3 is 2.43 bits per heavy atom. The van der Waals surface area contributed by atoms with Crippen molar-refractivity contribution in [3.05, 3.63) is 107 Å². The number of nitrogens with one attached hydrogen (secondary N) is 1. The molecule has 1 heterocycles. The van der Waals surface area contributed by atoms with Crippen molar-refractivity contribution in [2.24, 2.45) is 0 Å². The highest BCUT2D eigenvalue weighted by Gasteiger charge is 2.38. The summed E-state index contributed by atoms with van der Waals surface area (Å²) in [6, 6.07) is 27.9. The smallest absolute Gasteiger partial charge is 0.162 e. The van der Waals surface area contributed by atoms with Crippen LogP contribution in [0, 0.1) is 0 Å². The predicted molar refractivity (Wildman–Crippen MR) is 149 cm³/mol. The molecule has 0 spiro atoms. The van der Waals surface area contributed by atoms with Gasteiger partial charge in [-0.15, -0.1) is 0 Å². The average Bonchev–Trinajstić information content (AvgIpc) is 2.93. The highest BCUT2D eigenvalue weighted by atomic mass is 16.5. The molecule has 4 heteroatoms. The Balaban J connectivity index is 1.43. The molecular formula is C33H31NO3. The number of phenols is 1. The lowest BCUT2D eigenvalue weighted by Gasteiger charge is -2.37. The molecule has 2 aliphatic rings. The molecule has 2 N–H and O–H groups in total. The summed E-state index contributed by atoms with van der Waals surface area (Å²) in [6.45, 7) is 2.88. The Morgan fingerprint density at radius 1 is 0.892 bits per heavy atom. The molecule has 1 aliphatic heterocycles. The van der Waals surface area contributed by atoms with Gasteiger partial charge in [-0.05, 0) is 76.6 Å². The summed E-state index contributed by atoms with van der Waals surface area (Å²) in [7, 11) is 0. The van der Waals surface area contributed by atoms with Crippen LogP contribution in [0.2, 0.25) is 0 Å². The molecule has 0 aromatic heterocycles. The molecule has 186 valence electrons. The minimum atomic E-state index is -0.243. The molecule has 4 nitrogen and oxygen atoms in total. The number of fused-ring (bicyclic) bond motifs is 4. The van der Waals surface area contributed by atoms with E-state index < -0.39 is 0 Å². The Hall–Kier alpha value is -4.05. The number of aromatic hydroxyl groups is 1. The highest BCUT2D eigenvalue weighted by molar-refractivity contribution is 6.13. The highest BCUT2D eigenvalue weighted by Crippen LogP contribution is 2.51. The van der Waals surface area contributed by atoms with Gasteiger partial charge in [-0.1, -0.05) is 67.9 Å². The number of hydrogen-bond acceptors (Lipinski definition) is 4. The Labute approximate surface area is 217 Å². The maximum absolute atomic E-state index is 13.9. The van der Waals surface area contributed by atoms with E-state index in [1.54, 1.807) is 12.1 Å². The number of ether oxygens (including phenoxy) is 1. The minimum Gasteiger partial charge on any atom is -0.508 e. The normalized spacial score (nSPS) is 18.8. The predicted octanol–water partition coefficient (Wildman–Crippen LogP) is 7.79. The van der Waals surface area contributed by atoms with Crippen molar-refractivity contribution in [3.63, 3.8) is 0 Å². The first kappa shape index (κ1) is 23.4. The number of benzene rings is 4. The van der Waals surface area contributed by atoms with Crippen molar-refractivity contribution in [1.29, 1.82) is 0 Å². The van der Waals surface area contributed by atoms with E-state index in [0.717, 1.165) is 65.0 Å². The van der Waals surface area contributed by atoms with Gasteiger partial charge in [-0.2, -0.15) is 0 Å².